The number of para-hydroxylation sites is 1. The third kappa shape index (κ3) is 4.91. The third-order valence-electron chi connectivity index (χ3n) is 5.69. The number of ether oxygens (including phenoxy) is 1. The molecular formula is C23H29N3O2. The van der Waals surface area contributed by atoms with E-state index in [0.717, 1.165) is 57.0 Å². The molecule has 5 nitrogen and oxygen atoms in total. The lowest BCUT2D eigenvalue weighted by Gasteiger charge is -2.34. The molecule has 148 valence electrons. The molecule has 1 atom stereocenters. The van der Waals surface area contributed by atoms with Crippen molar-refractivity contribution in [3.63, 3.8) is 0 Å². The van der Waals surface area contributed by atoms with Gasteiger partial charge in [-0.3, -0.25) is 14.6 Å². The van der Waals surface area contributed by atoms with Gasteiger partial charge in [0.15, 0.2) is 0 Å². The summed E-state index contributed by atoms with van der Waals surface area (Å²) < 4.78 is 5.74. The maximum Gasteiger partial charge on any atom is 0.226 e. The van der Waals surface area contributed by atoms with E-state index in [4.69, 9.17) is 4.74 Å². The highest BCUT2D eigenvalue weighted by molar-refractivity contribution is 5.79. The van der Waals surface area contributed by atoms with Crippen molar-refractivity contribution >= 4 is 5.91 Å². The molecule has 1 amide bonds. The summed E-state index contributed by atoms with van der Waals surface area (Å²) >= 11 is 0. The lowest BCUT2D eigenvalue weighted by atomic mass is 9.96. The maximum absolute atomic E-state index is 12.5. The van der Waals surface area contributed by atoms with Crippen molar-refractivity contribution in [1.29, 1.82) is 0 Å². The quantitative estimate of drug-likeness (QED) is 0.836. The molecule has 5 heteroatoms. The van der Waals surface area contributed by atoms with Crippen LogP contribution in [0.3, 0.4) is 0 Å². The summed E-state index contributed by atoms with van der Waals surface area (Å²) in [6.07, 6.45) is 0.764. The van der Waals surface area contributed by atoms with E-state index in [9.17, 15) is 4.79 Å². The Hall–Kier alpha value is -2.37. The number of carbonyl (C=O) groups excluding carboxylic acids is 1. The summed E-state index contributed by atoms with van der Waals surface area (Å²) in [5.41, 5.74) is 2.50. The van der Waals surface area contributed by atoms with E-state index in [0.29, 0.717) is 13.2 Å². The van der Waals surface area contributed by atoms with Gasteiger partial charge in [0.05, 0.1) is 5.92 Å². The molecule has 0 radical (unpaired) electrons. The normalized spacial score (nSPS) is 20.2. The van der Waals surface area contributed by atoms with Crippen LogP contribution in [0.25, 0.3) is 0 Å². The summed E-state index contributed by atoms with van der Waals surface area (Å²) in [4.78, 5) is 17.4. The Morgan fingerprint density at radius 3 is 2.50 bits per heavy atom. The van der Waals surface area contributed by atoms with Gasteiger partial charge in [-0.25, -0.2) is 0 Å². The molecule has 2 aliphatic rings. The van der Waals surface area contributed by atoms with Crippen LogP contribution in [0, 0.1) is 5.92 Å². The molecule has 0 bridgehead atoms. The van der Waals surface area contributed by atoms with E-state index in [1.54, 1.807) is 0 Å². The molecule has 4 rings (SSSR count). The third-order valence-corrected chi connectivity index (χ3v) is 5.69. The summed E-state index contributed by atoms with van der Waals surface area (Å²) in [5.74, 6) is 0.940. The predicted octanol–water partition coefficient (Wildman–Crippen LogP) is 2.17. The second kappa shape index (κ2) is 9.22. The number of benzene rings is 2. The van der Waals surface area contributed by atoms with Gasteiger partial charge in [-0.1, -0.05) is 48.5 Å². The summed E-state index contributed by atoms with van der Waals surface area (Å²) in [6.45, 7) is 7.39. The largest absolute Gasteiger partial charge is 0.492 e. The number of nitrogens with zero attached hydrogens (tertiary/aromatic N) is 2. The molecule has 2 aliphatic heterocycles. The first-order valence-corrected chi connectivity index (χ1v) is 10.2. The summed E-state index contributed by atoms with van der Waals surface area (Å²) in [5, 5.41) is 3.11. The van der Waals surface area contributed by atoms with Crippen molar-refractivity contribution in [2.45, 2.75) is 13.0 Å². The van der Waals surface area contributed by atoms with E-state index in [-0.39, 0.29) is 11.8 Å². The Balaban J connectivity index is 1.15. The van der Waals surface area contributed by atoms with Crippen molar-refractivity contribution in [3.05, 3.63) is 65.7 Å². The van der Waals surface area contributed by atoms with Gasteiger partial charge in [0.25, 0.3) is 0 Å². The average molecular weight is 380 g/mol. The Morgan fingerprint density at radius 2 is 1.68 bits per heavy atom. The molecule has 1 saturated heterocycles. The molecule has 28 heavy (non-hydrogen) atoms. The number of hydrogen-bond donors (Lipinski definition) is 1. The molecule has 0 aliphatic carbocycles. The van der Waals surface area contributed by atoms with Crippen LogP contribution in [-0.2, 0) is 17.8 Å². The molecule has 0 spiro atoms. The van der Waals surface area contributed by atoms with Crippen molar-refractivity contribution in [1.82, 2.24) is 15.1 Å². The van der Waals surface area contributed by atoms with Crippen LogP contribution in [0.4, 0.5) is 0 Å². The van der Waals surface area contributed by atoms with E-state index in [1.807, 2.05) is 24.3 Å². The maximum atomic E-state index is 12.5. The molecule has 0 saturated carbocycles. The number of piperazine rings is 1. The Kier molecular flexibility index (Phi) is 6.24. The van der Waals surface area contributed by atoms with E-state index < -0.39 is 0 Å². The summed E-state index contributed by atoms with van der Waals surface area (Å²) in [6, 6.07) is 18.6. The van der Waals surface area contributed by atoms with Crippen molar-refractivity contribution in [3.8, 4) is 5.75 Å². The zero-order chi connectivity index (χ0) is 19.2. The molecule has 1 fully saturated rings. The number of hydrogen-bond acceptors (Lipinski definition) is 4. The average Bonchev–Trinajstić information content (AvgIpc) is 2.75. The van der Waals surface area contributed by atoms with Crippen molar-refractivity contribution < 1.29 is 9.53 Å². The number of carbonyl (C=O) groups is 1. The van der Waals surface area contributed by atoms with Crippen LogP contribution in [0.5, 0.6) is 5.75 Å². The lowest BCUT2D eigenvalue weighted by Crippen LogP contribution is -2.48. The van der Waals surface area contributed by atoms with Gasteiger partial charge in [-0.15, -0.1) is 0 Å². The first-order chi connectivity index (χ1) is 13.8. The van der Waals surface area contributed by atoms with Crippen LogP contribution in [-0.4, -0.2) is 61.6 Å². The first kappa shape index (κ1) is 19.0. The topological polar surface area (TPSA) is 44.8 Å². The molecule has 0 aromatic heterocycles. The highest BCUT2D eigenvalue weighted by Gasteiger charge is 2.25. The van der Waals surface area contributed by atoms with Gasteiger partial charge < -0.3 is 10.1 Å². The van der Waals surface area contributed by atoms with Crippen LogP contribution in [0.1, 0.15) is 11.1 Å². The van der Waals surface area contributed by atoms with Gasteiger partial charge in [0.1, 0.15) is 12.4 Å². The first-order valence-electron chi connectivity index (χ1n) is 10.2. The molecule has 2 aromatic carbocycles. The summed E-state index contributed by atoms with van der Waals surface area (Å²) in [7, 11) is 0. The SMILES string of the molecule is O=C(NCCN1CCN(Cc2ccccc2)CC1)C1COc2ccccc2C1. The highest BCUT2D eigenvalue weighted by atomic mass is 16.5. The molecule has 1 unspecified atom stereocenters. The number of rotatable bonds is 6. The smallest absolute Gasteiger partial charge is 0.226 e. The van der Waals surface area contributed by atoms with Crippen LogP contribution >= 0.6 is 0 Å². The van der Waals surface area contributed by atoms with E-state index in [2.05, 4.69) is 45.4 Å². The zero-order valence-electron chi connectivity index (χ0n) is 16.3. The van der Waals surface area contributed by atoms with Gasteiger partial charge in [-0.2, -0.15) is 0 Å². The molecule has 2 heterocycles. The van der Waals surface area contributed by atoms with Gasteiger partial charge >= 0.3 is 0 Å². The fourth-order valence-corrected chi connectivity index (χ4v) is 3.99. The lowest BCUT2D eigenvalue weighted by molar-refractivity contribution is -0.126. The zero-order valence-corrected chi connectivity index (χ0v) is 16.3. The van der Waals surface area contributed by atoms with Gasteiger partial charge in [0.2, 0.25) is 5.91 Å². The number of amides is 1. The molecule has 1 N–H and O–H groups in total. The van der Waals surface area contributed by atoms with Crippen LogP contribution in [0.2, 0.25) is 0 Å². The minimum Gasteiger partial charge on any atom is -0.492 e. The standard InChI is InChI=1S/C23H29N3O2/c27-23(21-16-20-8-4-5-9-22(20)28-18-21)24-10-11-25-12-14-26(15-13-25)17-19-6-2-1-3-7-19/h1-9,21H,10-18H2,(H,24,27). The second-order valence-electron chi connectivity index (χ2n) is 7.71. The van der Waals surface area contributed by atoms with Crippen LogP contribution in [0.15, 0.2) is 54.6 Å². The van der Waals surface area contributed by atoms with Gasteiger partial charge in [-0.05, 0) is 23.6 Å². The second-order valence-corrected chi connectivity index (χ2v) is 7.71. The Morgan fingerprint density at radius 1 is 0.964 bits per heavy atom. The predicted molar refractivity (Wildman–Crippen MR) is 110 cm³/mol. The Labute approximate surface area is 167 Å². The van der Waals surface area contributed by atoms with E-state index in [1.165, 1.54) is 5.56 Å². The van der Waals surface area contributed by atoms with Crippen molar-refractivity contribution in [2.24, 2.45) is 5.92 Å². The molecular weight excluding hydrogens is 350 g/mol. The fraction of sp³-hybridized carbons (Fsp3) is 0.435. The minimum absolute atomic E-state index is 0.0855. The Bertz CT molecular complexity index is 772. The minimum atomic E-state index is -0.0855. The monoisotopic (exact) mass is 379 g/mol. The van der Waals surface area contributed by atoms with Crippen molar-refractivity contribution in [2.75, 3.05) is 45.9 Å². The highest BCUT2D eigenvalue weighted by Crippen LogP contribution is 2.26. The molecule has 2 aromatic rings. The fourth-order valence-electron chi connectivity index (χ4n) is 3.99. The number of fused-ring (bicyclic) bond motifs is 1. The van der Waals surface area contributed by atoms with Gasteiger partial charge in [0, 0.05) is 45.8 Å². The van der Waals surface area contributed by atoms with E-state index >= 15 is 0 Å². The number of nitrogens with one attached hydrogen (secondary N) is 1. The van der Waals surface area contributed by atoms with Crippen LogP contribution < -0.4 is 10.1 Å².